The summed E-state index contributed by atoms with van der Waals surface area (Å²) in [5, 5.41) is 24.9. The smallest absolute Gasteiger partial charge is 0.274 e. The maximum atomic E-state index is 13.6. The number of amides is 5. The number of anilines is 2. The van der Waals surface area contributed by atoms with Gasteiger partial charge < -0.3 is 20.6 Å². The molecule has 5 amide bonds. The van der Waals surface area contributed by atoms with E-state index >= 15 is 0 Å². The standard InChI is InChI=1S/C45H54N8O6S/c1-25-7-5-10-32(46-25)40(55)49-38-37-34(60-39(38)44(2,3)59)24-52(50-37)29-13-11-26(12-14-29)23-51(4)28-17-19-45(20-18-28)21-27(22-45)47-31-9-6-8-30-36(31)43(58)53(42(30)57)33-15-16-35(54)48-41(33)56/h5-10,24,26-29,33,47,59H,11-23H2,1-4H3,(H,49,55)(H,48,54,56)/t26-,27?,28?,29-,33?,45?. The number of carbonyl (C=O) groups is 5. The summed E-state index contributed by atoms with van der Waals surface area (Å²) in [4.78, 5) is 73.1. The number of piperidine rings is 1. The summed E-state index contributed by atoms with van der Waals surface area (Å²) in [6.07, 6.45) is 13.4. The highest BCUT2D eigenvalue weighted by Gasteiger charge is 2.49. The molecule has 3 aliphatic carbocycles. The Morgan fingerprint density at radius 1 is 1.00 bits per heavy atom. The lowest BCUT2D eigenvalue weighted by atomic mass is 9.57. The third-order valence-corrected chi connectivity index (χ3v) is 15.3. The molecule has 15 heteroatoms. The van der Waals surface area contributed by atoms with Crippen molar-refractivity contribution in [1.82, 2.24) is 29.9 Å². The van der Waals surface area contributed by atoms with Crippen LogP contribution in [-0.4, -0.2) is 90.9 Å². The molecule has 1 atom stereocenters. The third kappa shape index (κ3) is 7.53. The van der Waals surface area contributed by atoms with Gasteiger partial charge in [-0.05, 0) is 134 Å². The second-order valence-corrected chi connectivity index (χ2v) is 19.6. The zero-order valence-corrected chi connectivity index (χ0v) is 35.6. The van der Waals surface area contributed by atoms with E-state index in [2.05, 4.69) is 43.8 Å². The number of aromatic nitrogens is 3. The zero-order valence-electron chi connectivity index (χ0n) is 34.8. The third-order valence-electron chi connectivity index (χ3n) is 13.9. The molecule has 4 N–H and O–H groups in total. The van der Waals surface area contributed by atoms with Crippen molar-refractivity contribution in [2.24, 2.45) is 11.3 Å². The molecule has 0 radical (unpaired) electrons. The molecule has 5 aliphatic rings. The quantitative estimate of drug-likeness (QED) is 0.128. The van der Waals surface area contributed by atoms with Crippen LogP contribution in [0.3, 0.4) is 0 Å². The molecule has 9 rings (SSSR count). The van der Waals surface area contributed by atoms with Gasteiger partial charge in [0.1, 0.15) is 17.3 Å². The number of fused-ring (bicyclic) bond motifs is 2. The zero-order chi connectivity index (χ0) is 42.1. The molecule has 316 valence electrons. The predicted octanol–water partition coefficient (Wildman–Crippen LogP) is 6.55. The number of pyridine rings is 1. The summed E-state index contributed by atoms with van der Waals surface area (Å²) in [7, 11) is 2.29. The van der Waals surface area contributed by atoms with Crippen LogP contribution in [0.5, 0.6) is 0 Å². The molecular formula is C45H54N8O6S. The van der Waals surface area contributed by atoms with Crippen molar-refractivity contribution < 1.29 is 29.1 Å². The number of nitrogens with one attached hydrogen (secondary N) is 3. The van der Waals surface area contributed by atoms with E-state index in [-0.39, 0.29) is 36.7 Å². The van der Waals surface area contributed by atoms with E-state index in [0.717, 1.165) is 60.4 Å². The minimum absolute atomic E-state index is 0.0935. The van der Waals surface area contributed by atoms with Crippen molar-refractivity contribution in [3.8, 4) is 0 Å². The van der Waals surface area contributed by atoms with Gasteiger partial charge >= 0.3 is 0 Å². The first-order valence-corrected chi connectivity index (χ1v) is 22.3. The topological polar surface area (TPSA) is 179 Å². The summed E-state index contributed by atoms with van der Waals surface area (Å²) in [6, 6.07) is 10.7. The lowest BCUT2D eigenvalue weighted by Gasteiger charge is -2.53. The van der Waals surface area contributed by atoms with Gasteiger partial charge in [-0.3, -0.25) is 38.9 Å². The van der Waals surface area contributed by atoms with Crippen LogP contribution in [0.25, 0.3) is 10.2 Å². The van der Waals surface area contributed by atoms with Crippen molar-refractivity contribution >= 4 is 62.5 Å². The highest BCUT2D eigenvalue weighted by molar-refractivity contribution is 7.19. The molecular weight excluding hydrogens is 781 g/mol. The Kier molecular flexibility index (Phi) is 10.4. The molecule has 1 aromatic carbocycles. The van der Waals surface area contributed by atoms with Crippen molar-refractivity contribution in [3.63, 3.8) is 0 Å². The number of benzene rings is 1. The van der Waals surface area contributed by atoms with Crippen molar-refractivity contribution in [1.29, 1.82) is 0 Å². The van der Waals surface area contributed by atoms with Crippen LogP contribution in [0, 0.1) is 18.3 Å². The average molecular weight is 835 g/mol. The number of aliphatic hydroxyl groups is 1. The van der Waals surface area contributed by atoms with Gasteiger partial charge in [-0.15, -0.1) is 11.3 Å². The lowest BCUT2D eigenvalue weighted by molar-refractivity contribution is -0.136. The minimum Gasteiger partial charge on any atom is -0.385 e. The fraction of sp³-hybridized carbons (Fsp3) is 0.533. The number of nitrogens with zero attached hydrogens (tertiary/aromatic N) is 5. The van der Waals surface area contributed by atoms with Gasteiger partial charge in [-0.1, -0.05) is 12.1 Å². The van der Waals surface area contributed by atoms with Gasteiger partial charge in [-0.2, -0.15) is 5.10 Å². The average Bonchev–Trinajstić information content (AvgIpc) is 3.85. The van der Waals surface area contributed by atoms with Crippen LogP contribution >= 0.6 is 11.3 Å². The highest BCUT2D eigenvalue weighted by Crippen LogP contribution is 2.53. The van der Waals surface area contributed by atoms with Crippen LogP contribution in [0.2, 0.25) is 0 Å². The van der Waals surface area contributed by atoms with Gasteiger partial charge in [0, 0.05) is 42.6 Å². The second kappa shape index (κ2) is 15.5. The molecule has 1 unspecified atom stereocenters. The minimum atomic E-state index is -1.14. The molecule has 5 heterocycles. The van der Waals surface area contributed by atoms with E-state index in [4.69, 9.17) is 5.10 Å². The van der Waals surface area contributed by atoms with Gasteiger partial charge in [-0.25, -0.2) is 4.98 Å². The van der Waals surface area contributed by atoms with E-state index in [1.54, 1.807) is 32.0 Å². The molecule has 14 nitrogen and oxygen atoms in total. The number of hydrogen-bond acceptors (Lipinski definition) is 11. The Bertz CT molecular complexity index is 2370. The number of carbonyl (C=O) groups excluding carboxylic acids is 5. The number of rotatable bonds is 10. The first kappa shape index (κ1) is 40.4. The Hall–Kier alpha value is -4.99. The Morgan fingerprint density at radius 2 is 1.73 bits per heavy atom. The highest BCUT2D eigenvalue weighted by atomic mass is 32.1. The normalized spacial score (nSPS) is 27.0. The van der Waals surface area contributed by atoms with Crippen LogP contribution in [0.15, 0.2) is 42.6 Å². The largest absolute Gasteiger partial charge is 0.385 e. The monoisotopic (exact) mass is 834 g/mol. The molecule has 0 bridgehead atoms. The maximum absolute atomic E-state index is 13.6. The Morgan fingerprint density at radius 3 is 2.43 bits per heavy atom. The molecule has 60 heavy (non-hydrogen) atoms. The fourth-order valence-corrected chi connectivity index (χ4v) is 11.7. The summed E-state index contributed by atoms with van der Waals surface area (Å²) in [5.41, 5.74) is 2.77. The Labute approximate surface area is 353 Å². The Balaban J connectivity index is 0.756. The van der Waals surface area contributed by atoms with E-state index < -0.39 is 29.4 Å². The molecule has 2 aliphatic heterocycles. The SMILES string of the molecule is Cc1cccc(C(=O)Nc2c(C(C)(C)O)sc3cn([C@H]4CC[C@H](CN(C)C5CCC6(CC5)CC(Nc5cccc7c5C(=O)N(C5CCC(=O)NC5=O)C7=O)C6)CC4)nc23)n1. The van der Waals surface area contributed by atoms with Crippen molar-refractivity contribution in [2.75, 3.05) is 24.2 Å². The molecule has 4 fully saturated rings. The number of hydrogen-bond donors (Lipinski definition) is 4. The summed E-state index contributed by atoms with van der Waals surface area (Å²) in [6.45, 7) is 6.40. The molecule has 1 spiro atoms. The van der Waals surface area contributed by atoms with Crippen LogP contribution in [0.1, 0.15) is 139 Å². The summed E-state index contributed by atoms with van der Waals surface area (Å²) >= 11 is 1.47. The number of aryl methyl sites for hydroxylation is 1. The van der Waals surface area contributed by atoms with Crippen LogP contribution in [-0.2, 0) is 15.2 Å². The first-order valence-electron chi connectivity index (χ1n) is 21.5. The molecule has 1 saturated heterocycles. The van der Waals surface area contributed by atoms with E-state index in [0.29, 0.717) is 56.0 Å². The first-order chi connectivity index (χ1) is 28.7. The van der Waals surface area contributed by atoms with E-state index in [1.807, 2.05) is 25.1 Å². The second-order valence-electron chi connectivity index (χ2n) is 18.6. The van der Waals surface area contributed by atoms with Gasteiger partial charge in [0.2, 0.25) is 11.8 Å². The number of imide groups is 2. The van der Waals surface area contributed by atoms with Gasteiger partial charge in [0.25, 0.3) is 17.7 Å². The van der Waals surface area contributed by atoms with E-state index in [1.165, 1.54) is 37.0 Å². The van der Waals surface area contributed by atoms with Gasteiger partial charge in [0.05, 0.1) is 38.0 Å². The fourth-order valence-electron chi connectivity index (χ4n) is 10.6. The predicted molar refractivity (Wildman–Crippen MR) is 228 cm³/mol. The van der Waals surface area contributed by atoms with Crippen LogP contribution < -0.4 is 16.0 Å². The van der Waals surface area contributed by atoms with Crippen LogP contribution in [0.4, 0.5) is 11.4 Å². The molecule has 4 aromatic rings. The summed E-state index contributed by atoms with van der Waals surface area (Å²) < 4.78 is 3.02. The lowest BCUT2D eigenvalue weighted by Crippen LogP contribution is -2.54. The van der Waals surface area contributed by atoms with Gasteiger partial charge in [0.15, 0.2) is 0 Å². The van der Waals surface area contributed by atoms with E-state index in [9.17, 15) is 29.1 Å². The maximum Gasteiger partial charge on any atom is 0.274 e. The van der Waals surface area contributed by atoms with Crippen molar-refractivity contribution in [3.05, 3.63) is 70.0 Å². The number of thiophene rings is 1. The van der Waals surface area contributed by atoms with Crippen molar-refractivity contribution in [2.45, 2.75) is 128 Å². The molecule has 3 aromatic heterocycles. The summed E-state index contributed by atoms with van der Waals surface area (Å²) in [5.74, 6) is -1.64. The molecule has 3 saturated carbocycles.